The highest BCUT2D eigenvalue weighted by atomic mass is 16.2. The van der Waals surface area contributed by atoms with Crippen LogP contribution in [0.4, 0.5) is 11.4 Å². The van der Waals surface area contributed by atoms with Crippen LogP contribution in [0.5, 0.6) is 0 Å². The van der Waals surface area contributed by atoms with E-state index >= 15 is 0 Å². The Morgan fingerprint density at radius 1 is 0.680 bits per heavy atom. The fraction of sp³-hybridized carbons (Fsp3) is 0.0476. The molecule has 0 saturated carbocycles. The lowest BCUT2D eigenvalue weighted by molar-refractivity contribution is -0.118. The molecular weight excluding hydrogens is 312 g/mol. The summed E-state index contributed by atoms with van der Waals surface area (Å²) < 4.78 is 0. The van der Waals surface area contributed by atoms with E-state index in [4.69, 9.17) is 0 Å². The van der Waals surface area contributed by atoms with Crippen LogP contribution in [0.25, 0.3) is 0 Å². The quantitative estimate of drug-likeness (QED) is 0.774. The molecule has 3 aromatic carbocycles. The molecule has 0 unspecified atom stereocenters. The third-order valence-electron chi connectivity index (χ3n) is 3.73. The van der Waals surface area contributed by atoms with E-state index in [-0.39, 0.29) is 12.5 Å². The Kier molecular flexibility index (Phi) is 5.22. The Hall–Kier alpha value is -3.40. The van der Waals surface area contributed by atoms with Crippen LogP contribution < -0.4 is 10.2 Å². The number of rotatable bonds is 5. The largest absolute Gasteiger partial charge is 0.332 e. The predicted molar refractivity (Wildman–Crippen MR) is 98.8 cm³/mol. The summed E-state index contributed by atoms with van der Waals surface area (Å²) in [5.41, 5.74) is 2.23. The molecule has 0 radical (unpaired) electrons. The summed E-state index contributed by atoms with van der Waals surface area (Å²) in [6.07, 6.45) is 0. The van der Waals surface area contributed by atoms with E-state index in [2.05, 4.69) is 5.32 Å². The van der Waals surface area contributed by atoms with Crippen molar-refractivity contribution in [3.8, 4) is 0 Å². The molecule has 0 heterocycles. The lowest BCUT2D eigenvalue weighted by atomic mass is 10.2. The molecule has 1 N–H and O–H groups in total. The fourth-order valence-corrected chi connectivity index (χ4v) is 2.52. The van der Waals surface area contributed by atoms with Crippen molar-refractivity contribution in [1.82, 2.24) is 5.32 Å². The molecule has 0 spiro atoms. The molecule has 0 saturated heterocycles. The molecule has 0 bridgehead atoms. The van der Waals surface area contributed by atoms with Gasteiger partial charge in [0.1, 0.15) is 6.54 Å². The van der Waals surface area contributed by atoms with Gasteiger partial charge >= 0.3 is 0 Å². The number of amides is 2. The van der Waals surface area contributed by atoms with Gasteiger partial charge < -0.3 is 4.90 Å². The minimum absolute atomic E-state index is 0.0482. The minimum atomic E-state index is -0.397. The summed E-state index contributed by atoms with van der Waals surface area (Å²) in [5, 5.41) is 2.45. The molecule has 3 aromatic rings. The second kappa shape index (κ2) is 7.93. The molecule has 3 rings (SSSR count). The summed E-state index contributed by atoms with van der Waals surface area (Å²) in [7, 11) is 0. The Labute approximate surface area is 146 Å². The van der Waals surface area contributed by atoms with Crippen molar-refractivity contribution >= 4 is 23.2 Å². The topological polar surface area (TPSA) is 49.4 Å². The number of carbonyl (C=O) groups is 2. The molecule has 0 fully saturated rings. The number of nitrogens with zero attached hydrogens (tertiary/aromatic N) is 1. The molecule has 0 aliphatic rings. The number of anilines is 2. The van der Waals surface area contributed by atoms with Crippen LogP contribution >= 0.6 is 0 Å². The normalized spacial score (nSPS) is 10.1. The zero-order valence-electron chi connectivity index (χ0n) is 13.6. The van der Waals surface area contributed by atoms with Crippen molar-refractivity contribution in [2.75, 3.05) is 11.4 Å². The average molecular weight is 330 g/mol. The second-order valence-electron chi connectivity index (χ2n) is 5.50. The van der Waals surface area contributed by atoms with E-state index in [1.165, 1.54) is 0 Å². The van der Waals surface area contributed by atoms with E-state index < -0.39 is 5.91 Å². The van der Waals surface area contributed by atoms with E-state index in [1.807, 2.05) is 71.6 Å². The van der Waals surface area contributed by atoms with Crippen LogP contribution in [-0.4, -0.2) is 18.4 Å². The first-order chi connectivity index (χ1) is 12.2. The second-order valence-corrected chi connectivity index (χ2v) is 5.50. The van der Waals surface area contributed by atoms with Gasteiger partial charge in [0.05, 0.1) is 0 Å². The zero-order chi connectivity index (χ0) is 17.5. The molecule has 0 aliphatic heterocycles. The lowest BCUT2D eigenvalue weighted by Crippen LogP contribution is -2.38. The van der Waals surface area contributed by atoms with E-state index in [1.54, 1.807) is 24.3 Å². The molecule has 124 valence electrons. The number of para-hydroxylation sites is 2. The minimum Gasteiger partial charge on any atom is -0.332 e. The van der Waals surface area contributed by atoms with E-state index in [0.29, 0.717) is 5.56 Å². The van der Waals surface area contributed by atoms with Crippen LogP contribution in [0.15, 0.2) is 91.0 Å². The zero-order valence-corrected chi connectivity index (χ0v) is 13.6. The van der Waals surface area contributed by atoms with Gasteiger partial charge in [0.15, 0.2) is 0 Å². The first kappa shape index (κ1) is 16.5. The number of hydrogen-bond donors (Lipinski definition) is 1. The maximum absolute atomic E-state index is 12.4. The van der Waals surface area contributed by atoms with Gasteiger partial charge in [-0.15, -0.1) is 0 Å². The van der Waals surface area contributed by atoms with Crippen LogP contribution in [-0.2, 0) is 4.79 Å². The Bertz CT molecular complexity index is 794. The fourth-order valence-electron chi connectivity index (χ4n) is 2.52. The smallest absolute Gasteiger partial charge is 0.257 e. The van der Waals surface area contributed by atoms with Crippen molar-refractivity contribution in [3.05, 3.63) is 96.6 Å². The first-order valence-corrected chi connectivity index (χ1v) is 8.01. The van der Waals surface area contributed by atoms with Gasteiger partial charge in [-0.05, 0) is 36.4 Å². The SMILES string of the molecule is O=C(CN(c1ccccc1)c1ccccc1)NC(=O)c1ccccc1. The summed E-state index contributed by atoms with van der Waals surface area (Å²) in [5.74, 6) is -0.756. The molecule has 0 atom stereocenters. The van der Waals surface area contributed by atoms with E-state index in [0.717, 1.165) is 11.4 Å². The highest BCUT2D eigenvalue weighted by Crippen LogP contribution is 2.24. The molecule has 4 heteroatoms. The van der Waals surface area contributed by atoms with Crippen LogP contribution in [0.1, 0.15) is 10.4 Å². The number of nitrogens with one attached hydrogen (secondary N) is 1. The summed E-state index contributed by atoms with van der Waals surface area (Å²) in [6.45, 7) is 0.0482. The Morgan fingerprint density at radius 2 is 1.12 bits per heavy atom. The van der Waals surface area contributed by atoms with Crippen molar-refractivity contribution in [2.45, 2.75) is 0 Å². The van der Waals surface area contributed by atoms with Crippen molar-refractivity contribution in [1.29, 1.82) is 0 Å². The lowest BCUT2D eigenvalue weighted by Gasteiger charge is -2.24. The van der Waals surface area contributed by atoms with Crippen LogP contribution in [0.2, 0.25) is 0 Å². The molecule has 0 aromatic heterocycles. The van der Waals surface area contributed by atoms with Gasteiger partial charge in [-0.3, -0.25) is 14.9 Å². The molecule has 25 heavy (non-hydrogen) atoms. The summed E-state index contributed by atoms with van der Waals surface area (Å²) >= 11 is 0. The van der Waals surface area contributed by atoms with Crippen LogP contribution in [0, 0.1) is 0 Å². The molecule has 2 amide bonds. The van der Waals surface area contributed by atoms with Gasteiger partial charge in [0, 0.05) is 16.9 Å². The molecule has 0 aliphatic carbocycles. The number of benzene rings is 3. The van der Waals surface area contributed by atoms with Crippen molar-refractivity contribution in [3.63, 3.8) is 0 Å². The summed E-state index contributed by atoms with van der Waals surface area (Å²) in [6, 6.07) is 27.9. The number of hydrogen-bond acceptors (Lipinski definition) is 3. The van der Waals surface area contributed by atoms with Crippen molar-refractivity contribution in [2.24, 2.45) is 0 Å². The Balaban J connectivity index is 1.76. The first-order valence-electron chi connectivity index (χ1n) is 8.01. The van der Waals surface area contributed by atoms with Gasteiger partial charge in [-0.2, -0.15) is 0 Å². The van der Waals surface area contributed by atoms with Gasteiger partial charge in [0.2, 0.25) is 5.91 Å². The monoisotopic (exact) mass is 330 g/mol. The van der Waals surface area contributed by atoms with Crippen LogP contribution in [0.3, 0.4) is 0 Å². The summed E-state index contributed by atoms with van der Waals surface area (Å²) in [4.78, 5) is 26.4. The van der Waals surface area contributed by atoms with Crippen molar-refractivity contribution < 1.29 is 9.59 Å². The van der Waals surface area contributed by atoms with Gasteiger partial charge in [-0.1, -0.05) is 54.6 Å². The van der Waals surface area contributed by atoms with Gasteiger partial charge in [0.25, 0.3) is 5.91 Å². The maximum atomic E-state index is 12.4. The predicted octanol–water partition coefficient (Wildman–Crippen LogP) is 3.78. The highest BCUT2D eigenvalue weighted by molar-refractivity contribution is 6.06. The third-order valence-corrected chi connectivity index (χ3v) is 3.73. The molecular formula is C21H18N2O2. The van der Waals surface area contributed by atoms with Gasteiger partial charge in [-0.25, -0.2) is 0 Å². The third kappa shape index (κ3) is 4.32. The van der Waals surface area contributed by atoms with E-state index in [9.17, 15) is 9.59 Å². The Morgan fingerprint density at radius 3 is 1.60 bits per heavy atom. The number of carbonyl (C=O) groups excluding carboxylic acids is 2. The standard InChI is InChI=1S/C21H18N2O2/c24-20(22-21(25)17-10-4-1-5-11-17)16-23(18-12-6-2-7-13-18)19-14-8-3-9-15-19/h1-15H,16H2,(H,22,24,25). The molecule has 4 nitrogen and oxygen atoms in total. The number of imide groups is 1. The average Bonchev–Trinajstić information content (AvgIpc) is 2.68. The maximum Gasteiger partial charge on any atom is 0.257 e. The highest BCUT2D eigenvalue weighted by Gasteiger charge is 2.16.